The molecule has 4 nitrogen and oxygen atoms in total. The van der Waals surface area contributed by atoms with E-state index in [-0.39, 0.29) is 17.9 Å². The van der Waals surface area contributed by atoms with Gasteiger partial charge in [0.25, 0.3) is 0 Å². The fourth-order valence-corrected chi connectivity index (χ4v) is 1.94. The fourth-order valence-electron chi connectivity index (χ4n) is 1.81. The van der Waals surface area contributed by atoms with Gasteiger partial charge in [-0.05, 0) is 19.3 Å². The molecule has 1 fully saturated rings. The molecule has 86 valence electrons. The molecule has 1 saturated heterocycles. The van der Waals surface area contributed by atoms with E-state index in [1.54, 1.807) is 4.90 Å². The van der Waals surface area contributed by atoms with Crippen LogP contribution in [0.3, 0.4) is 0 Å². The molecule has 1 heterocycles. The average Bonchev–Trinajstić information content (AvgIpc) is 2.73. The van der Waals surface area contributed by atoms with Crippen molar-refractivity contribution in [3.05, 3.63) is 0 Å². The summed E-state index contributed by atoms with van der Waals surface area (Å²) in [4.78, 5) is 24.7. The second-order valence-electron chi connectivity index (χ2n) is 3.56. The third-order valence-corrected chi connectivity index (χ3v) is 2.84. The van der Waals surface area contributed by atoms with E-state index in [4.69, 9.17) is 11.6 Å². The van der Waals surface area contributed by atoms with Crippen molar-refractivity contribution in [1.82, 2.24) is 4.90 Å². The predicted molar refractivity (Wildman–Crippen MR) is 56.7 cm³/mol. The fraction of sp³-hybridized carbons (Fsp3) is 0.800. The third-order valence-electron chi connectivity index (χ3n) is 2.57. The number of rotatable bonds is 4. The highest BCUT2D eigenvalue weighted by atomic mass is 35.5. The molecule has 1 atom stereocenters. The van der Waals surface area contributed by atoms with Gasteiger partial charge in [0.15, 0.2) is 0 Å². The minimum absolute atomic E-state index is 0.00329. The second kappa shape index (κ2) is 5.95. The first-order chi connectivity index (χ1) is 7.20. The Kier molecular flexibility index (Phi) is 4.88. The molecule has 1 aliphatic rings. The number of amides is 1. The summed E-state index contributed by atoms with van der Waals surface area (Å²) in [6, 6.07) is -0.377. The van der Waals surface area contributed by atoms with E-state index < -0.39 is 0 Å². The Balaban J connectivity index is 2.52. The number of ether oxygens (including phenoxy) is 1. The third kappa shape index (κ3) is 3.09. The van der Waals surface area contributed by atoms with Gasteiger partial charge in [0, 0.05) is 18.8 Å². The lowest BCUT2D eigenvalue weighted by molar-refractivity contribution is -0.150. The number of carbonyl (C=O) groups is 2. The number of carbonyl (C=O) groups excluding carboxylic acids is 2. The summed E-state index contributed by atoms with van der Waals surface area (Å²) < 4.78 is 4.66. The summed E-state index contributed by atoms with van der Waals surface area (Å²) >= 11 is 5.52. The monoisotopic (exact) mass is 233 g/mol. The molecule has 0 aromatic heterocycles. The van der Waals surface area contributed by atoms with E-state index in [1.807, 2.05) is 0 Å². The molecule has 0 spiro atoms. The molecule has 1 amide bonds. The second-order valence-corrected chi connectivity index (χ2v) is 3.94. The Morgan fingerprint density at radius 3 is 2.87 bits per heavy atom. The average molecular weight is 234 g/mol. The maximum Gasteiger partial charge on any atom is 0.328 e. The highest BCUT2D eigenvalue weighted by Crippen LogP contribution is 2.19. The number of halogens is 1. The van der Waals surface area contributed by atoms with E-state index in [1.165, 1.54) is 7.11 Å². The first-order valence-corrected chi connectivity index (χ1v) is 5.67. The van der Waals surface area contributed by atoms with Crippen LogP contribution < -0.4 is 0 Å². The smallest absolute Gasteiger partial charge is 0.328 e. The summed E-state index contributed by atoms with van der Waals surface area (Å²) in [7, 11) is 1.35. The number of nitrogens with zero attached hydrogens (tertiary/aromatic N) is 1. The SMILES string of the molecule is COC(=O)C1CCCN1C(=O)CCCCl. The number of likely N-dealkylation sites (tertiary alicyclic amines) is 1. The first-order valence-electron chi connectivity index (χ1n) is 5.14. The normalized spacial score (nSPS) is 20.4. The van der Waals surface area contributed by atoms with Gasteiger partial charge in [-0.15, -0.1) is 11.6 Å². The van der Waals surface area contributed by atoms with Crippen molar-refractivity contribution in [3.8, 4) is 0 Å². The zero-order valence-electron chi connectivity index (χ0n) is 8.87. The largest absolute Gasteiger partial charge is 0.467 e. The number of alkyl halides is 1. The van der Waals surface area contributed by atoms with Crippen LogP contribution in [0.2, 0.25) is 0 Å². The van der Waals surface area contributed by atoms with E-state index in [0.717, 1.165) is 6.42 Å². The zero-order valence-corrected chi connectivity index (χ0v) is 9.63. The lowest BCUT2D eigenvalue weighted by atomic mass is 10.2. The molecule has 0 aliphatic carbocycles. The van der Waals surface area contributed by atoms with Crippen molar-refractivity contribution in [2.45, 2.75) is 31.7 Å². The van der Waals surface area contributed by atoms with E-state index in [9.17, 15) is 9.59 Å². The van der Waals surface area contributed by atoms with Crippen LogP contribution in [0.15, 0.2) is 0 Å². The van der Waals surface area contributed by atoms with Gasteiger partial charge in [0.05, 0.1) is 7.11 Å². The lowest BCUT2D eigenvalue weighted by Crippen LogP contribution is -2.41. The molecule has 0 bridgehead atoms. The van der Waals surface area contributed by atoms with Crippen molar-refractivity contribution < 1.29 is 14.3 Å². The molecule has 0 aromatic rings. The van der Waals surface area contributed by atoms with Gasteiger partial charge < -0.3 is 9.64 Å². The van der Waals surface area contributed by atoms with Gasteiger partial charge in [-0.3, -0.25) is 4.79 Å². The van der Waals surface area contributed by atoms with Crippen LogP contribution in [-0.2, 0) is 14.3 Å². The van der Waals surface area contributed by atoms with Crippen molar-refractivity contribution in [3.63, 3.8) is 0 Å². The predicted octanol–water partition coefficient (Wildman–Crippen LogP) is 1.17. The number of hydrogen-bond donors (Lipinski definition) is 0. The van der Waals surface area contributed by atoms with Crippen molar-refractivity contribution in [1.29, 1.82) is 0 Å². The van der Waals surface area contributed by atoms with Crippen molar-refractivity contribution >= 4 is 23.5 Å². The van der Waals surface area contributed by atoms with Crippen LogP contribution in [0.5, 0.6) is 0 Å². The summed E-state index contributed by atoms with van der Waals surface area (Å²) in [5.74, 6) is 0.165. The molecule has 0 saturated carbocycles. The Hall–Kier alpha value is -0.770. The van der Waals surface area contributed by atoms with Crippen LogP contribution >= 0.6 is 11.6 Å². The van der Waals surface area contributed by atoms with Crippen LogP contribution in [0.25, 0.3) is 0 Å². The van der Waals surface area contributed by atoms with Crippen molar-refractivity contribution in [2.75, 3.05) is 19.5 Å². The molecule has 1 rings (SSSR count). The molecule has 1 unspecified atom stereocenters. The number of hydrogen-bond acceptors (Lipinski definition) is 3. The molecule has 5 heteroatoms. The Labute approximate surface area is 94.5 Å². The zero-order chi connectivity index (χ0) is 11.3. The lowest BCUT2D eigenvalue weighted by Gasteiger charge is -2.22. The molecular weight excluding hydrogens is 218 g/mol. The quantitative estimate of drug-likeness (QED) is 0.541. The van der Waals surface area contributed by atoms with Gasteiger partial charge in [0.2, 0.25) is 5.91 Å². The Morgan fingerprint density at radius 1 is 1.53 bits per heavy atom. The molecular formula is C10H16ClNO3. The van der Waals surface area contributed by atoms with Crippen molar-refractivity contribution in [2.24, 2.45) is 0 Å². The van der Waals surface area contributed by atoms with E-state index >= 15 is 0 Å². The summed E-state index contributed by atoms with van der Waals surface area (Å²) in [6.45, 7) is 0.654. The number of methoxy groups -OCH3 is 1. The Morgan fingerprint density at radius 2 is 2.27 bits per heavy atom. The van der Waals surface area contributed by atoms with E-state index in [0.29, 0.717) is 31.7 Å². The van der Waals surface area contributed by atoms with Crippen LogP contribution in [0.4, 0.5) is 0 Å². The standard InChI is InChI=1S/C10H16ClNO3/c1-15-10(14)8-4-3-7-12(8)9(13)5-2-6-11/h8H,2-7H2,1H3. The minimum atomic E-state index is -0.377. The van der Waals surface area contributed by atoms with Crippen LogP contribution in [0.1, 0.15) is 25.7 Å². The van der Waals surface area contributed by atoms with Gasteiger partial charge in [-0.25, -0.2) is 4.79 Å². The maximum atomic E-state index is 11.7. The maximum absolute atomic E-state index is 11.7. The highest BCUT2D eigenvalue weighted by Gasteiger charge is 2.34. The van der Waals surface area contributed by atoms with Crippen LogP contribution in [-0.4, -0.2) is 42.4 Å². The molecule has 15 heavy (non-hydrogen) atoms. The molecule has 0 aromatic carbocycles. The highest BCUT2D eigenvalue weighted by molar-refractivity contribution is 6.17. The van der Waals surface area contributed by atoms with Gasteiger partial charge in [-0.1, -0.05) is 0 Å². The van der Waals surface area contributed by atoms with Gasteiger partial charge in [0.1, 0.15) is 6.04 Å². The van der Waals surface area contributed by atoms with Crippen LogP contribution in [0, 0.1) is 0 Å². The van der Waals surface area contributed by atoms with Gasteiger partial charge in [-0.2, -0.15) is 0 Å². The minimum Gasteiger partial charge on any atom is -0.467 e. The summed E-state index contributed by atoms with van der Waals surface area (Å²) in [6.07, 6.45) is 2.65. The topological polar surface area (TPSA) is 46.6 Å². The Bertz CT molecular complexity index is 245. The molecule has 0 radical (unpaired) electrons. The van der Waals surface area contributed by atoms with E-state index in [2.05, 4.69) is 4.74 Å². The summed E-state index contributed by atoms with van der Waals surface area (Å²) in [5.41, 5.74) is 0. The summed E-state index contributed by atoms with van der Waals surface area (Å²) in [5, 5.41) is 0. The molecule has 1 aliphatic heterocycles. The first kappa shape index (κ1) is 12.3. The van der Waals surface area contributed by atoms with Gasteiger partial charge >= 0.3 is 5.97 Å². The number of esters is 1. The molecule has 0 N–H and O–H groups in total.